The Kier molecular flexibility index (Phi) is 9.87. The molecule has 1 aromatic carbocycles. The predicted molar refractivity (Wildman–Crippen MR) is 109 cm³/mol. The molecule has 1 aromatic rings. The van der Waals surface area contributed by atoms with Gasteiger partial charge in [-0.3, -0.25) is 9.69 Å². The zero-order chi connectivity index (χ0) is 19.4. The predicted octanol–water partition coefficient (Wildman–Crippen LogP) is 3.88. The second-order valence-electron chi connectivity index (χ2n) is 6.10. The summed E-state index contributed by atoms with van der Waals surface area (Å²) in [6.45, 7) is 12.4. The fraction of sp³-hybridized carbons (Fsp3) is 0.381. The lowest BCUT2D eigenvalue weighted by molar-refractivity contribution is -0.114. The smallest absolute Gasteiger partial charge is 0.251 e. The summed E-state index contributed by atoms with van der Waals surface area (Å²) in [5.74, 6) is 0.714. The van der Waals surface area contributed by atoms with Crippen LogP contribution >= 0.6 is 0 Å². The summed E-state index contributed by atoms with van der Waals surface area (Å²) < 4.78 is 5.89. The van der Waals surface area contributed by atoms with Crippen LogP contribution in [-0.4, -0.2) is 26.2 Å². The van der Waals surface area contributed by atoms with Crippen molar-refractivity contribution >= 4 is 11.6 Å². The lowest BCUT2D eigenvalue weighted by Gasteiger charge is -2.22. The van der Waals surface area contributed by atoms with E-state index in [4.69, 9.17) is 4.74 Å². The Morgan fingerprint density at radius 2 is 2.08 bits per heavy atom. The lowest BCUT2D eigenvalue weighted by Crippen LogP contribution is -2.36. The minimum atomic E-state index is -0.137. The number of allylic oxidation sites excluding steroid dienone is 1. The monoisotopic (exact) mass is 357 g/mol. The highest BCUT2D eigenvalue weighted by molar-refractivity contribution is 6.01. The Morgan fingerprint density at radius 3 is 2.69 bits per heavy atom. The van der Waals surface area contributed by atoms with Crippen LogP contribution in [0.3, 0.4) is 0 Å². The van der Waals surface area contributed by atoms with Crippen LogP contribution in [0.1, 0.15) is 31.7 Å². The molecule has 0 aliphatic rings. The molecule has 1 amide bonds. The summed E-state index contributed by atoms with van der Waals surface area (Å²) in [6, 6.07) is 5.78. The topological polar surface area (TPSA) is 53.6 Å². The van der Waals surface area contributed by atoms with Crippen molar-refractivity contribution in [2.24, 2.45) is 0 Å². The number of carbonyl (C=O) groups excluding carboxylic acids is 1. The SMILES string of the molecule is C=CN/C=C(\C)CCCCOc1ccc(N(CNC)C(=O)C=C)cc1C. The maximum atomic E-state index is 12.0. The number of aryl methyl sites for hydroxylation is 1. The van der Waals surface area contributed by atoms with Crippen LogP contribution in [0.25, 0.3) is 0 Å². The highest BCUT2D eigenvalue weighted by Gasteiger charge is 2.13. The van der Waals surface area contributed by atoms with Crippen LogP contribution < -0.4 is 20.3 Å². The number of amides is 1. The largest absolute Gasteiger partial charge is 0.493 e. The van der Waals surface area contributed by atoms with E-state index in [1.165, 1.54) is 11.6 Å². The van der Waals surface area contributed by atoms with Crippen molar-refractivity contribution < 1.29 is 9.53 Å². The van der Waals surface area contributed by atoms with E-state index < -0.39 is 0 Å². The van der Waals surface area contributed by atoms with Crippen LogP contribution in [0.4, 0.5) is 5.69 Å². The molecule has 1 rings (SSSR count). The second kappa shape index (κ2) is 11.9. The third-order valence-electron chi connectivity index (χ3n) is 3.90. The molecular formula is C21H31N3O2. The first-order valence-corrected chi connectivity index (χ1v) is 8.88. The number of benzene rings is 1. The first-order chi connectivity index (χ1) is 12.5. The molecule has 0 saturated heterocycles. The van der Waals surface area contributed by atoms with E-state index in [9.17, 15) is 4.79 Å². The summed E-state index contributed by atoms with van der Waals surface area (Å²) in [6.07, 6.45) is 8.05. The van der Waals surface area contributed by atoms with E-state index in [-0.39, 0.29) is 5.91 Å². The Hall–Kier alpha value is -2.53. The second-order valence-corrected chi connectivity index (χ2v) is 6.10. The fourth-order valence-electron chi connectivity index (χ4n) is 2.49. The minimum absolute atomic E-state index is 0.137. The summed E-state index contributed by atoms with van der Waals surface area (Å²) in [5.41, 5.74) is 3.12. The summed E-state index contributed by atoms with van der Waals surface area (Å²) in [4.78, 5) is 13.6. The van der Waals surface area contributed by atoms with Crippen molar-refractivity contribution in [3.63, 3.8) is 0 Å². The van der Waals surface area contributed by atoms with Gasteiger partial charge in [-0.2, -0.15) is 0 Å². The number of nitrogens with one attached hydrogen (secondary N) is 2. The van der Waals surface area contributed by atoms with Gasteiger partial charge in [-0.25, -0.2) is 0 Å². The third kappa shape index (κ3) is 7.15. The zero-order valence-corrected chi connectivity index (χ0v) is 16.2. The fourth-order valence-corrected chi connectivity index (χ4v) is 2.49. The van der Waals surface area contributed by atoms with Gasteiger partial charge in [0.25, 0.3) is 5.91 Å². The lowest BCUT2D eigenvalue weighted by atomic mass is 10.1. The minimum Gasteiger partial charge on any atom is -0.493 e. The average molecular weight is 357 g/mol. The average Bonchev–Trinajstić information content (AvgIpc) is 2.64. The van der Waals surface area contributed by atoms with E-state index in [2.05, 4.69) is 30.7 Å². The number of rotatable bonds is 12. The summed E-state index contributed by atoms with van der Waals surface area (Å²) in [7, 11) is 1.80. The number of hydrogen-bond acceptors (Lipinski definition) is 4. The molecule has 0 saturated carbocycles. The zero-order valence-electron chi connectivity index (χ0n) is 16.2. The number of hydrogen-bond donors (Lipinski definition) is 2. The molecule has 0 fully saturated rings. The Balaban J connectivity index is 2.55. The Morgan fingerprint density at radius 1 is 1.31 bits per heavy atom. The molecule has 5 heteroatoms. The summed E-state index contributed by atoms with van der Waals surface area (Å²) >= 11 is 0. The molecule has 0 spiro atoms. The van der Waals surface area contributed by atoms with Crippen LogP contribution in [0, 0.1) is 6.92 Å². The molecule has 0 atom stereocenters. The van der Waals surface area contributed by atoms with Gasteiger partial charge >= 0.3 is 0 Å². The van der Waals surface area contributed by atoms with E-state index in [1.54, 1.807) is 18.1 Å². The number of ether oxygens (including phenoxy) is 1. The number of nitrogens with zero attached hydrogens (tertiary/aromatic N) is 1. The van der Waals surface area contributed by atoms with Crippen molar-refractivity contribution in [1.29, 1.82) is 0 Å². The number of carbonyl (C=O) groups is 1. The van der Waals surface area contributed by atoms with Gasteiger partial charge in [0.1, 0.15) is 5.75 Å². The van der Waals surface area contributed by atoms with Crippen LogP contribution in [0.5, 0.6) is 5.75 Å². The van der Waals surface area contributed by atoms with Crippen LogP contribution in [0.2, 0.25) is 0 Å². The molecule has 0 aliphatic heterocycles. The van der Waals surface area contributed by atoms with Crippen molar-refractivity contribution in [1.82, 2.24) is 10.6 Å². The normalized spacial score (nSPS) is 11.0. The Bertz CT molecular complexity index is 638. The van der Waals surface area contributed by atoms with Gasteiger partial charge < -0.3 is 15.4 Å². The van der Waals surface area contributed by atoms with Gasteiger partial charge in [0.2, 0.25) is 0 Å². The van der Waals surface area contributed by atoms with Gasteiger partial charge in [0, 0.05) is 5.69 Å². The molecule has 2 N–H and O–H groups in total. The first kappa shape index (κ1) is 21.5. The molecule has 5 nitrogen and oxygen atoms in total. The van der Waals surface area contributed by atoms with Gasteiger partial charge in [0.15, 0.2) is 0 Å². The first-order valence-electron chi connectivity index (χ1n) is 8.88. The van der Waals surface area contributed by atoms with Crippen molar-refractivity contribution in [3.05, 3.63) is 61.0 Å². The van der Waals surface area contributed by atoms with Crippen molar-refractivity contribution in [2.45, 2.75) is 33.1 Å². The van der Waals surface area contributed by atoms with E-state index in [1.807, 2.05) is 31.3 Å². The number of unbranched alkanes of at least 4 members (excludes halogenated alkanes) is 1. The van der Waals surface area contributed by atoms with Gasteiger partial charge in [0.05, 0.1) is 13.3 Å². The van der Waals surface area contributed by atoms with Crippen LogP contribution in [0.15, 0.2) is 55.4 Å². The summed E-state index contributed by atoms with van der Waals surface area (Å²) in [5, 5.41) is 5.99. The highest BCUT2D eigenvalue weighted by Crippen LogP contribution is 2.25. The molecule has 0 radical (unpaired) electrons. The van der Waals surface area contributed by atoms with E-state index in [0.29, 0.717) is 13.3 Å². The molecule has 142 valence electrons. The van der Waals surface area contributed by atoms with Crippen molar-refractivity contribution in [2.75, 3.05) is 25.2 Å². The Labute approximate surface area is 157 Å². The van der Waals surface area contributed by atoms with E-state index >= 15 is 0 Å². The maximum Gasteiger partial charge on any atom is 0.251 e. The van der Waals surface area contributed by atoms with Gasteiger partial charge in [-0.15, -0.1) is 0 Å². The van der Waals surface area contributed by atoms with Gasteiger partial charge in [-0.05, 0) is 82.4 Å². The molecule has 0 aromatic heterocycles. The van der Waals surface area contributed by atoms with Crippen molar-refractivity contribution in [3.8, 4) is 5.75 Å². The van der Waals surface area contributed by atoms with Crippen LogP contribution in [-0.2, 0) is 4.79 Å². The molecule has 26 heavy (non-hydrogen) atoms. The quantitative estimate of drug-likeness (QED) is 0.339. The highest BCUT2D eigenvalue weighted by atomic mass is 16.5. The molecule has 0 unspecified atom stereocenters. The van der Waals surface area contributed by atoms with E-state index in [0.717, 1.165) is 36.3 Å². The standard InChI is InChI=1S/C21H31N3O2/c1-6-21(25)24(16-22-5)19-11-12-20(18(4)14-19)26-13-9-8-10-17(3)15-23-7-2/h6-7,11-12,14-15,22-23H,1-2,8-10,13,16H2,3-5H3/b17-15+. The molecular weight excluding hydrogens is 326 g/mol. The molecule has 0 bridgehead atoms. The maximum absolute atomic E-state index is 12.0. The third-order valence-corrected chi connectivity index (χ3v) is 3.90. The molecule has 0 aliphatic carbocycles. The number of anilines is 1. The molecule has 0 heterocycles. The van der Waals surface area contributed by atoms with Gasteiger partial charge in [-0.1, -0.05) is 18.7 Å².